The average molecular weight is 232 g/mol. The second kappa shape index (κ2) is 4.28. The smallest absolute Gasteiger partial charge is 0.235 e. The van der Waals surface area contributed by atoms with Gasteiger partial charge < -0.3 is 0 Å². The van der Waals surface area contributed by atoms with Gasteiger partial charge in [0.1, 0.15) is 0 Å². The summed E-state index contributed by atoms with van der Waals surface area (Å²) < 4.78 is 0. The van der Waals surface area contributed by atoms with Crippen molar-refractivity contribution in [2.45, 2.75) is 39.5 Å². The second-order valence-corrected chi connectivity index (χ2v) is 4.58. The van der Waals surface area contributed by atoms with E-state index < -0.39 is 0 Å². The third-order valence-corrected chi connectivity index (χ3v) is 3.39. The molecule has 90 valence electrons. The minimum atomic E-state index is -0.286. The summed E-state index contributed by atoms with van der Waals surface area (Å²) >= 11 is 0. The van der Waals surface area contributed by atoms with Gasteiger partial charge in [-0.1, -0.05) is 0 Å². The summed E-state index contributed by atoms with van der Waals surface area (Å²) in [4.78, 5) is 27.3. The molecule has 0 aromatic carbocycles. The zero-order valence-corrected chi connectivity index (χ0v) is 10.3. The van der Waals surface area contributed by atoms with Crippen LogP contribution in [0.25, 0.3) is 0 Å². The molecule has 1 saturated heterocycles. The van der Waals surface area contributed by atoms with E-state index >= 15 is 0 Å². The lowest BCUT2D eigenvalue weighted by atomic mass is 9.92. The maximum atomic E-state index is 11.7. The summed E-state index contributed by atoms with van der Waals surface area (Å²) in [5, 5.41) is 2.36. The van der Waals surface area contributed by atoms with Gasteiger partial charge in [0.2, 0.25) is 11.8 Å². The Bertz CT molecular complexity index is 471. The normalized spacial score (nSPS) is 20.3. The largest absolute Gasteiger partial charge is 0.296 e. The molecule has 1 aliphatic heterocycles. The van der Waals surface area contributed by atoms with Crippen LogP contribution in [0.15, 0.2) is 6.07 Å². The van der Waals surface area contributed by atoms with Crippen molar-refractivity contribution in [2.75, 3.05) is 0 Å². The standard InChI is InChI=1S/C13H16N2O2/c1-7-6-11(14-9(3)8(7)2)10-4-5-12(16)15-13(10)17/h6,10H,4-5H2,1-3H3,(H,15,16,17). The number of nitrogens with zero attached hydrogens (tertiary/aromatic N) is 1. The molecule has 2 rings (SSSR count). The summed E-state index contributed by atoms with van der Waals surface area (Å²) in [7, 11) is 0. The summed E-state index contributed by atoms with van der Waals surface area (Å²) in [6, 6.07) is 1.95. The molecule has 4 nitrogen and oxygen atoms in total. The van der Waals surface area contributed by atoms with Crippen molar-refractivity contribution in [3.05, 3.63) is 28.6 Å². The van der Waals surface area contributed by atoms with Gasteiger partial charge in [0.15, 0.2) is 0 Å². The third-order valence-electron chi connectivity index (χ3n) is 3.39. The van der Waals surface area contributed by atoms with E-state index in [-0.39, 0.29) is 17.7 Å². The molecule has 4 heteroatoms. The fourth-order valence-electron chi connectivity index (χ4n) is 2.08. The van der Waals surface area contributed by atoms with Crippen LogP contribution in [0.3, 0.4) is 0 Å². The van der Waals surface area contributed by atoms with E-state index in [9.17, 15) is 9.59 Å². The van der Waals surface area contributed by atoms with Crippen LogP contribution in [-0.2, 0) is 9.59 Å². The molecule has 0 bridgehead atoms. The Morgan fingerprint density at radius 2 is 2.00 bits per heavy atom. The maximum absolute atomic E-state index is 11.7. The van der Waals surface area contributed by atoms with Crippen LogP contribution in [-0.4, -0.2) is 16.8 Å². The molecule has 2 amide bonds. The van der Waals surface area contributed by atoms with Gasteiger partial charge in [0, 0.05) is 12.1 Å². The van der Waals surface area contributed by atoms with E-state index in [2.05, 4.69) is 10.3 Å². The topological polar surface area (TPSA) is 59.1 Å². The quantitative estimate of drug-likeness (QED) is 0.747. The molecular weight excluding hydrogens is 216 g/mol. The number of nitrogens with one attached hydrogen (secondary N) is 1. The predicted molar refractivity (Wildman–Crippen MR) is 63.6 cm³/mol. The lowest BCUT2D eigenvalue weighted by Crippen LogP contribution is -2.39. The molecule has 1 N–H and O–H groups in total. The molecule has 0 saturated carbocycles. The van der Waals surface area contributed by atoms with Crippen molar-refractivity contribution in [3.8, 4) is 0 Å². The first-order valence-electron chi connectivity index (χ1n) is 5.77. The Balaban J connectivity index is 2.34. The number of hydrogen-bond acceptors (Lipinski definition) is 3. The summed E-state index contributed by atoms with van der Waals surface area (Å²) in [6.07, 6.45) is 0.948. The number of rotatable bonds is 1. The second-order valence-electron chi connectivity index (χ2n) is 4.58. The minimum absolute atomic E-state index is 0.188. The Morgan fingerprint density at radius 3 is 2.59 bits per heavy atom. The molecule has 1 unspecified atom stereocenters. The first kappa shape index (κ1) is 11.8. The van der Waals surface area contributed by atoms with Gasteiger partial charge in [-0.25, -0.2) is 0 Å². The molecule has 1 aromatic rings. The minimum Gasteiger partial charge on any atom is -0.296 e. The molecule has 0 radical (unpaired) electrons. The fraction of sp³-hybridized carbons (Fsp3) is 0.462. The highest BCUT2D eigenvalue weighted by Crippen LogP contribution is 2.25. The van der Waals surface area contributed by atoms with Gasteiger partial charge in [-0.05, 0) is 44.4 Å². The number of hydrogen-bond donors (Lipinski definition) is 1. The number of carbonyl (C=O) groups excluding carboxylic acids is 2. The molecular formula is C13H16N2O2. The average Bonchev–Trinajstić information content (AvgIpc) is 2.25. The van der Waals surface area contributed by atoms with Crippen LogP contribution in [0.4, 0.5) is 0 Å². The van der Waals surface area contributed by atoms with Gasteiger partial charge in [-0.15, -0.1) is 0 Å². The van der Waals surface area contributed by atoms with Crippen molar-refractivity contribution in [2.24, 2.45) is 0 Å². The Labute approximate surface area is 100 Å². The molecule has 2 heterocycles. The van der Waals surface area contributed by atoms with Crippen LogP contribution < -0.4 is 5.32 Å². The van der Waals surface area contributed by atoms with E-state index in [0.29, 0.717) is 12.8 Å². The van der Waals surface area contributed by atoms with Crippen LogP contribution in [0.2, 0.25) is 0 Å². The zero-order chi connectivity index (χ0) is 12.6. The Morgan fingerprint density at radius 1 is 1.29 bits per heavy atom. The van der Waals surface area contributed by atoms with Crippen LogP contribution in [0, 0.1) is 20.8 Å². The number of pyridine rings is 1. The van der Waals surface area contributed by atoms with Crippen molar-refractivity contribution >= 4 is 11.8 Å². The zero-order valence-electron chi connectivity index (χ0n) is 10.3. The Kier molecular flexibility index (Phi) is 2.96. The maximum Gasteiger partial charge on any atom is 0.235 e. The van der Waals surface area contributed by atoms with E-state index in [1.807, 2.05) is 26.8 Å². The van der Waals surface area contributed by atoms with E-state index in [4.69, 9.17) is 0 Å². The van der Waals surface area contributed by atoms with Crippen molar-refractivity contribution in [3.63, 3.8) is 0 Å². The van der Waals surface area contributed by atoms with E-state index in [0.717, 1.165) is 22.5 Å². The lowest BCUT2D eigenvalue weighted by Gasteiger charge is -2.21. The lowest BCUT2D eigenvalue weighted by molar-refractivity contribution is -0.134. The fourth-order valence-corrected chi connectivity index (χ4v) is 2.08. The Hall–Kier alpha value is -1.71. The molecule has 1 aromatic heterocycles. The SMILES string of the molecule is Cc1cc(C2CCC(=O)NC2=O)nc(C)c1C. The summed E-state index contributed by atoms with van der Waals surface area (Å²) in [5.74, 6) is -0.700. The van der Waals surface area contributed by atoms with Crippen LogP contribution >= 0.6 is 0 Å². The molecule has 1 fully saturated rings. The molecule has 1 aliphatic rings. The number of aromatic nitrogens is 1. The van der Waals surface area contributed by atoms with Gasteiger partial charge in [-0.2, -0.15) is 0 Å². The first-order valence-corrected chi connectivity index (χ1v) is 5.77. The molecule has 0 aliphatic carbocycles. The summed E-state index contributed by atoms with van der Waals surface area (Å²) in [5.41, 5.74) is 4.01. The van der Waals surface area contributed by atoms with E-state index in [1.165, 1.54) is 0 Å². The third kappa shape index (κ3) is 2.20. The molecule has 0 spiro atoms. The van der Waals surface area contributed by atoms with Crippen molar-refractivity contribution in [1.82, 2.24) is 10.3 Å². The van der Waals surface area contributed by atoms with Crippen molar-refractivity contribution in [1.29, 1.82) is 0 Å². The number of carbonyl (C=O) groups is 2. The van der Waals surface area contributed by atoms with Crippen molar-refractivity contribution < 1.29 is 9.59 Å². The number of piperidine rings is 1. The van der Waals surface area contributed by atoms with Crippen LogP contribution in [0.1, 0.15) is 41.3 Å². The van der Waals surface area contributed by atoms with Gasteiger partial charge in [-0.3, -0.25) is 19.9 Å². The predicted octanol–water partition coefficient (Wildman–Crippen LogP) is 1.53. The summed E-state index contributed by atoms with van der Waals surface area (Å²) in [6.45, 7) is 5.98. The highest BCUT2D eigenvalue weighted by molar-refractivity contribution is 6.00. The van der Waals surface area contributed by atoms with Crippen LogP contribution in [0.5, 0.6) is 0 Å². The molecule has 1 atom stereocenters. The van der Waals surface area contributed by atoms with E-state index in [1.54, 1.807) is 0 Å². The van der Waals surface area contributed by atoms with Gasteiger partial charge in [0.25, 0.3) is 0 Å². The van der Waals surface area contributed by atoms with Gasteiger partial charge in [0.05, 0.1) is 11.6 Å². The number of aryl methyl sites for hydroxylation is 2. The molecule has 17 heavy (non-hydrogen) atoms. The number of amides is 2. The monoisotopic (exact) mass is 232 g/mol. The van der Waals surface area contributed by atoms with Gasteiger partial charge >= 0.3 is 0 Å². The first-order chi connectivity index (χ1) is 7.99. The number of imide groups is 1. The highest BCUT2D eigenvalue weighted by atomic mass is 16.2. The highest BCUT2D eigenvalue weighted by Gasteiger charge is 2.29.